The van der Waals surface area contributed by atoms with Crippen molar-refractivity contribution in [1.82, 2.24) is 4.67 Å². The predicted molar refractivity (Wildman–Crippen MR) is 28.7 cm³/mol. The van der Waals surface area contributed by atoms with E-state index in [9.17, 15) is 0 Å². The van der Waals surface area contributed by atoms with E-state index in [1.165, 1.54) is 14.1 Å². The first-order valence-corrected chi connectivity index (χ1v) is 3.58. The minimum absolute atomic E-state index is 0.993. The van der Waals surface area contributed by atoms with Crippen molar-refractivity contribution >= 4 is 8.09 Å². The van der Waals surface area contributed by atoms with Crippen molar-refractivity contribution in [3.8, 4) is 0 Å². The molecular weight excluding hydrogens is 117 g/mol. The van der Waals surface area contributed by atoms with Gasteiger partial charge in [0.1, 0.15) is 0 Å². The Hall–Kier alpha value is 0.270. The van der Waals surface area contributed by atoms with Gasteiger partial charge in [0.25, 0.3) is 0 Å². The molecule has 0 aromatic carbocycles. The molecule has 0 aliphatic heterocycles. The summed E-state index contributed by atoms with van der Waals surface area (Å²) in [6, 6.07) is 0. The van der Waals surface area contributed by atoms with E-state index < -0.39 is 8.09 Å². The Morgan fingerprint density at radius 3 is 1.29 bits per heavy atom. The van der Waals surface area contributed by atoms with E-state index in [1.54, 1.807) is 0 Å². The van der Waals surface area contributed by atoms with Gasteiger partial charge in [-0.15, -0.1) is 0 Å². The molecule has 0 fully saturated rings. The zero-order valence-corrected chi connectivity index (χ0v) is 5.29. The Bertz CT molecular complexity index is 58.4. The zero-order valence-electron chi connectivity index (χ0n) is 4.29. The van der Waals surface area contributed by atoms with Crippen molar-refractivity contribution in [2.75, 3.05) is 14.1 Å². The molecule has 0 aliphatic rings. The van der Waals surface area contributed by atoms with Crippen molar-refractivity contribution in [2.24, 2.45) is 0 Å². The van der Waals surface area contributed by atoms with E-state index in [1.807, 2.05) is 0 Å². The molecule has 46 valence electrons. The Morgan fingerprint density at radius 1 is 1.14 bits per heavy atom. The Balaban J connectivity index is 3.54. The van der Waals surface area contributed by atoms with Crippen LogP contribution in [0.25, 0.3) is 0 Å². The van der Waals surface area contributed by atoms with E-state index >= 15 is 0 Å². The number of rotatable bonds is 1. The second-order valence-corrected chi connectivity index (χ2v) is 3.59. The molecule has 0 aromatic rings. The van der Waals surface area contributed by atoms with Gasteiger partial charge in [0.05, 0.1) is 0 Å². The zero-order chi connectivity index (χ0) is 6.08. The fraction of sp³-hybridized carbons (Fsp3) is 1.00. The van der Waals surface area contributed by atoms with Gasteiger partial charge in [-0.2, -0.15) is 0 Å². The van der Waals surface area contributed by atoms with Crippen molar-refractivity contribution in [3.63, 3.8) is 0 Å². The van der Waals surface area contributed by atoms with Crippen molar-refractivity contribution in [3.05, 3.63) is 0 Å². The molecule has 0 unspecified atom stereocenters. The second-order valence-electron chi connectivity index (χ2n) is 1.49. The van der Waals surface area contributed by atoms with E-state index in [0.29, 0.717) is 0 Å². The molecular formula is C2H10NO3P. The summed E-state index contributed by atoms with van der Waals surface area (Å²) in [5, 5.41) is 0. The van der Waals surface area contributed by atoms with Crippen LogP contribution in [0, 0.1) is 0 Å². The average molecular weight is 127 g/mol. The van der Waals surface area contributed by atoms with Crippen LogP contribution in [0.4, 0.5) is 0 Å². The number of hydrogen-bond donors (Lipinski definition) is 3. The summed E-state index contributed by atoms with van der Waals surface area (Å²) in [5.74, 6) is 0. The van der Waals surface area contributed by atoms with Gasteiger partial charge in [-0.1, -0.05) is 0 Å². The summed E-state index contributed by atoms with van der Waals surface area (Å²) >= 11 is 0. The van der Waals surface area contributed by atoms with Crippen LogP contribution in [0.15, 0.2) is 0 Å². The molecule has 0 aromatic heterocycles. The quantitative estimate of drug-likeness (QED) is 0.393. The van der Waals surface area contributed by atoms with Crippen LogP contribution in [-0.4, -0.2) is 33.4 Å². The maximum absolute atomic E-state index is 8.27. The van der Waals surface area contributed by atoms with Gasteiger partial charge in [-0.3, -0.25) is 0 Å². The first-order valence-electron chi connectivity index (χ1n) is 1.79. The van der Waals surface area contributed by atoms with Gasteiger partial charge >= 0.3 is 41.5 Å². The Kier molecular flexibility index (Phi) is 2.10. The molecule has 0 atom stereocenters. The predicted octanol–water partition coefficient (Wildman–Crippen LogP) is -1.07. The molecule has 0 spiro atoms. The third-order valence-electron chi connectivity index (χ3n) is 0.600. The fourth-order valence-electron chi connectivity index (χ4n) is 0. The summed E-state index contributed by atoms with van der Waals surface area (Å²) in [5.41, 5.74) is 0. The molecule has 0 amide bonds. The topological polar surface area (TPSA) is 63.9 Å². The normalized spacial score (nSPS) is 15.1. The van der Waals surface area contributed by atoms with E-state index in [-0.39, 0.29) is 0 Å². The Labute approximate surface area is 42.6 Å². The standard InChI is InChI=1S/C2H10NO3P/c1-3(2)7(4,5)6/h4-7H,1-2H3. The van der Waals surface area contributed by atoms with Crippen LogP contribution >= 0.6 is 8.09 Å². The summed E-state index contributed by atoms with van der Waals surface area (Å²) in [4.78, 5) is 24.8. The average Bonchev–Trinajstić information content (AvgIpc) is 1.31. The van der Waals surface area contributed by atoms with Crippen LogP contribution in [0.5, 0.6) is 0 Å². The molecule has 0 bridgehead atoms. The molecule has 5 heteroatoms. The van der Waals surface area contributed by atoms with Crippen molar-refractivity contribution in [2.45, 2.75) is 0 Å². The van der Waals surface area contributed by atoms with Crippen LogP contribution in [0.3, 0.4) is 0 Å². The third-order valence-corrected chi connectivity index (χ3v) is 1.80. The van der Waals surface area contributed by atoms with E-state index in [0.717, 1.165) is 4.67 Å². The molecule has 0 heterocycles. The van der Waals surface area contributed by atoms with E-state index in [4.69, 9.17) is 14.7 Å². The summed E-state index contributed by atoms with van der Waals surface area (Å²) in [6.45, 7) is 0. The molecule has 3 N–H and O–H groups in total. The maximum atomic E-state index is 8.27. The second kappa shape index (κ2) is 2.03. The van der Waals surface area contributed by atoms with Crippen LogP contribution in [-0.2, 0) is 0 Å². The summed E-state index contributed by atoms with van der Waals surface area (Å²) in [6.07, 6.45) is 0. The molecule has 0 aliphatic carbocycles. The van der Waals surface area contributed by atoms with Crippen molar-refractivity contribution in [1.29, 1.82) is 0 Å². The van der Waals surface area contributed by atoms with Gasteiger partial charge in [0, 0.05) is 0 Å². The van der Waals surface area contributed by atoms with Gasteiger partial charge in [-0.05, 0) is 0 Å². The number of hydrogen-bond acceptors (Lipinski definition) is 4. The monoisotopic (exact) mass is 127 g/mol. The molecule has 0 saturated heterocycles. The molecule has 0 radical (unpaired) electrons. The fourth-order valence-corrected chi connectivity index (χ4v) is 0. The minimum atomic E-state index is -3.90. The van der Waals surface area contributed by atoms with Gasteiger partial charge < -0.3 is 0 Å². The molecule has 7 heavy (non-hydrogen) atoms. The van der Waals surface area contributed by atoms with Gasteiger partial charge in [0.2, 0.25) is 0 Å². The summed E-state index contributed by atoms with van der Waals surface area (Å²) in [7, 11) is -1.11. The van der Waals surface area contributed by atoms with Crippen LogP contribution in [0.2, 0.25) is 0 Å². The molecule has 0 rings (SSSR count). The molecule has 0 saturated carbocycles. The third kappa shape index (κ3) is 2.91. The van der Waals surface area contributed by atoms with Crippen LogP contribution < -0.4 is 0 Å². The summed E-state index contributed by atoms with van der Waals surface area (Å²) < 4.78 is 0.993. The first-order chi connectivity index (χ1) is 2.94. The van der Waals surface area contributed by atoms with Gasteiger partial charge in [0.15, 0.2) is 0 Å². The Morgan fingerprint density at radius 2 is 1.29 bits per heavy atom. The van der Waals surface area contributed by atoms with Crippen LogP contribution in [0.1, 0.15) is 0 Å². The van der Waals surface area contributed by atoms with E-state index in [2.05, 4.69) is 0 Å². The SMILES string of the molecule is CN(C)[PH](O)(O)O. The van der Waals surface area contributed by atoms with Crippen molar-refractivity contribution < 1.29 is 14.7 Å². The first kappa shape index (κ1) is 7.27. The molecule has 4 nitrogen and oxygen atoms in total. The van der Waals surface area contributed by atoms with Gasteiger partial charge in [-0.25, -0.2) is 0 Å². The number of nitrogens with zero attached hydrogens (tertiary/aromatic N) is 1.